The maximum absolute atomic E-state index is 4.50. The lowest BCUT2D eigenvalue weighted by Crippen LogP contribution is -2.17. The molecule has 0 unspecified atom stereocenters. The molecule has 2 aromatic heterocycles. The van der Waals surface area contributed by atoms with Crippen molar-refractivity contribution in [3.63, 3.8) is 0 Å². The molecule has 16 heavy (non-hydrogen) atoms. The number of nitrogens with zero attached hydrogens (tertiary/aromatic N) is 4. The summed E-state index contributed by atoms with van der Waals surface area (Å²) in [6, 6.07) is 2.22. The van der Waals surface area contributed by atoms with E-state index in [-0.39, 0.29) is 0 Å². The van der Waals surface area contributed by atoms with Crippen molar-refractivity contribution < 1.29 is 0 Å². The second-order valence-corrected chi connectivity index (χ2v) is 4.47. The molecule has 0 saturated carbocycles. The van der Waals surface area contributed by atoms with Crippen LogP contribution in [0.3, 0.4) is 0 Å². The normalized spacial score (nSPS) is 16.2. The lowest BCUT2D eigenvalue weighted by Gasteiger charge is -2.16. The number of aromatic nitrogens is 3. The fourth-order valence-corrected chi connectivity index (χ4v) is 2.45. The summed E-state index contributed by atoms with van der Waals surface area (Å²) in [7, 11) is 1.94. The Morgan fingerprint density at radius 2 is 2.00 bits per heavy atom. The minimum Gasteiger partial charge on any atom is -0.370 e. The van der Waals surface area contributed by atoms with Crippen LogP contribution in [-0.4, -0.2) is 27.9 Å². The fourth-order valence-electron chi connectivity index (χ4n) is 2.45. The highest BCUT2D eigenvalue weighted by atomic mass is 15.3. The Morgan fingerprint density at radius 3 is 2.75 bits per heavy atom. The van der Waals surface area contributed by atoms with Crippen LogP contribution in [-0.2, 0) is 7.05 Å². The first kappa shape index (κ1) is 9.63. The van der Waals surface area contributed by atoms with Crippen molar-refractivity contribution in [1.29, 1.82) is 0 Å². The molecule has 0 bridgehead atoms. The van der Waals surface area contributed by atoms with E-state index < -0.39 is 0 Å². The number of aryl methyl sites for hydroxylation is 2. The zero-order valence-electron chi connectivity index (χ0n) is 9.77. The highest BCUT2D eigenvalue weighted by Crippen LogP contribution is 2.24. The largest absolute Gasteiger partial charge is 0.370 e. The van der Waals surface area contributed by atoms with Crippen LogP contribution in [0.25, 0.3) is 11.0 Å². The van der Waals surface area contributed by atoms with Gasteiger partial charge in [-0.05, 0) is 25.8 Å². The van der Waals surface area contributed by atoms with Gasteiger partial charge in [0.1, 0.15) is 0 Å². The van der Waals surface area contributed by atoms with Gasteiger partial charge >= 0.3 is 0 Å². The van der Waals surface area contributed by atoms with Crippen LogP contribution < -0.4 is 4.90 Å². The molecule has 0 aliphatic carbocycles. The number of anilines is 1. The first-order valence-corrected chi connectivity index (χ1v) is 5.80. The highest BCUT2D eigenvalue weighted by Gasteiger charge is 2.14. The summed E-state index contributed by atoms with van der Waals surface area (Å²) in [6.45, 7) is 4.36. The highest BCUT2D eigenvalue weighted by molar-refractivity contribution is 5.81. The molecular weight excluding hydrogens is 200 g/mol. The molecule has 0 aromatic carbocycles. The van der Waals surface area contributed by atoms with Gasteiger partial charge < -0.3 is 4.90 Å². The molecule has 0 spiro atoms. The summed E-state index contributed by atoms with van der Waals surface area (Å²) in [4.78, 5) is 6.91. The van der Waals surface area contributed by atoms with Crippen LogP contribution in [0, 0.1) is 6.92 Å². The van der Waals surface area contributed by atoms with Gasteiger partial charge in [-0.15, -0.1) is 0 Å². The van der Waals surface area contributed by atoms with Gasteiger partial charge in [0.05, 0.1) is 17.6 Å². The van der Waals surface area contributed by atoms with Crippen LogP contribution in [0.15, 0.2) is 12.3 Å². The average molecular weight is 216 g/mol. The summed E-state index contributed by atoms with van der Waals surface area (Å²) in [6.07, 6.45) is 4.56. The third-order valence-electron chi connectivity index (χ3n) is 3.32. The summed E-state index contributed by atoms with van der Waals surface area (Å²) in [5.74, 6) is 0. The van der Waals surface area contributed by atoms with Gasteiger partial charge in [-0.1, -0.05) is 0 Å². The van der Waals surface area contributed by atoms with E-state index in [4.69, 9.17) is 0 Å². The van der Waals surface area contributed by atoms with Gasteiger partial charge in [-0.3, -0.25) is 4.68 Å². The lowest BCUT2D eigenvalue weighted by atomic mass is 10.2. The molecule has 1 aliphatic heterocycles. The molecule has 2 aromatic rings. The van der Waals surface area contributed by atoms with Crippen LogP contribution >= 0.6 is 0 Å². The Balaban J connectivity index is 2.11. The van der Waals surface area contributed by atoms with E-state index in [0.29, 0.717) is 0 Å². The summed E-state index contributed by atoms with van der Waals surface area (Å²) in [5.41, 5.74) is 3.27. The number of rotatable bonds is 1. The van der Waals surface area contributed by atoms with Crippen molar-refractivity contribution in [2.24, 2.45) is 7.05 Å². The minimum atomic E-state index is 0.973. The zero-order chi connectivity index (χ0) is 11.1. The van der Waals surface area contributed by atoms with E-state index in [2.05, 4.69) is 21.0 Å². The maximum atomic E-state index is 4.50. The molecule has 0 N–H and O–H groups in total. The van der Waals surface area contributed by atoms with Crippen molar-refractivity contribution in [1.82, 2.24) is 14.8 Å². The van der Waals surface area contributed by atoms with Crippen molar-refractivity contribution in [3.8, 4) is 0 Å². The molecule has 0 radical (unpaired) electrons. The van der Waals surface area contributed by atoms with E-state index in [9.17, 15) is 0 Å². The number of hydrogen-bond acceptors (Lipinski definition) is 3. The fraction of sp³-hybridized carbons (Fsp3) is 0.500. The smallest absolute Gasteiger partial charge is 0.157 e. The van der Waals surface area contributed by atoms with Crippen LogP contribution in [0.1, 0.15) is 18.5 Å². The lowest BCUT2D eigenvalue weighted by molar-refractivity contribution is 0.773. The Bertz CT molecular complexity index is 523. The third-order valence-corrected chi connectivity index (χ3v) is 3.32. The Morgan fingerprint density at radius 1 is 1.25 bits per heavy atom. The average Bonchev–Trinajstić information content (AvgIpc) is 2.88. The summed E-state index contributed by atoms with van der Waals surface area (Å²) < 4.78 is 1.85. The molecule has 0 amide bonds. The predicted octanol–water partition coefficient (Wildman–Crippen LogP) is 1.88. The monoisotopic (exact) mass is 216 g/mol. The minimum absolute atomic E-state index is 0.973. The molecule has 84 valence electrons. The van der Waals surface area contributed by atoms with Gasteiger partial charge in [0.25, 0.3) is 0 Å². The number of hydrogen-bond donors (Lipinski definition) is 0. The first-order chi connectivity index (χ1) is 7.75. The van der Waals surface area contributed by atoms with Gasteiger partial charge in [0, 0.05) is 25.5 Å². The van der Waals surface area contributed by atoms with E-state index in [0.717, 1.165) is 24.4 Å². The van der Waals surface area contributed by atoms with E-state index >= 15 is 0 Å². The van der Waals surface area contributed by atoms with Crippen LogP contribution in [0.5, 0.6) is 0 Å². The third kappa shape index (κ3) is 1.37. The molecule has 1 fully saturated rings. The van der Waals surface area contributed by atoms with E-state index in [1.165, 1.54) is 23.9 Å². The SMILES string of the molecule is Cc1nn(C)c2ncc(N3CCCC3)cc12. The molecule has 3 heterocycles. The molecule has 0 atom stereocenters. The van der Waals surface area contributed by atoms with Crippen molar-refractivity contribution in [3.05, 3.63) is 18.0 Å². The molecule has 1 saturated heterocycles. The standard InChI is InChI=1S/C12H16N4/c1-9-11-7-10(16-5-3-4-6-16)8-13-12(11)15(2)14-9/h7-8H,3-6H2,1-2H3. The van der Waals surface area contributed by atoms with Gasteiger partial charge in [-0.2, -0.15) is 5.10 Å². The second-order valence-electron chi connectivity index (χ2n) is 4.47. The zero-order valence-corrected chi connectivity index (χ0v) is 9.77. The van der Waals surface area contributed by atoms with Crippen molar-refractivity contribution >= 4 is 16.7 Å². The maximum Gasteiger partial charge on any atom is 0.157 e. The van der Waals surface area contributed by atoms with Crippen LogP contribution in [0.4, 0.5) is 5.69 Å². The van der Waals surface area contributed by atoms with Gasteiger partial charge in [0.15, 0.2) is 5.65 Å². The van der Waals surface area contributed by atoms with Crippen molar-refractivity contribution in [2.75, 3.05) is 18.0 Å². The predicted molar refractivity (Wildman–Crippen MR) is 64.7 cm³/mol. The Hall–Kier alpha value is -1.58. The summed E-state index contributed by atoms with van der Waals surface area (Å²) >= 11 is 0. The number of fused-ring (bicyclic) bond motifs is 1. The Kier molecular flexibility index (Phi) is 2.09. The summed E-state index contributed by atoms with van der Waals surface area (Å²) in [5, 5.41) is 5.57. The number of pyridine rings is 1. The Labute approximate surface area is 94.9 Å². The van der Waals surface area contributed by atoms with Gasteiger partial charge in [-0.25, -0.2) is 4.98 Å². The molecular formula is C12H16N4. The molecule has 3 rings (SSSR count). The van der Waals surface area contributed by atoms with E-state index in [1.54, 1.807) is 0 Å². The first-order valence-electron chi connectivity index (χ1n) is 5.80. The quantitative estimate of drug-likeness (QED) is 0.730. The van der Waals surface area contributed by atoms with Crippen molar-refractivity contribution in [2.45, 2.75) is 19.8 Å². The molecule has 1 aliphatic rings. The van der Waals surface area contributed by atoms with E-state index in [1.807, 2.05) is 24.9 Å². The topological polar surface area (TPSA) is 34.0 Å². The molecule has 4 nitrogen and oxygen atoms in total. The molecule has 4 heteroatoms. The van der Waals surface area contributed by atoms with Gasteiger partial charge in [0.2, 0.25) is 0 Å². The van der Waals surface area contributed by atoms with Crippen LogP contribution in [0.2, 0.25) is 0 Å². The second kappa shape index (κ2) is 3.47.